The van der Waals surface area contributed by atoms with Gasteiger partial charge in [0.25, 0.3) is 0 Å². The smallest absolute Gasteiger partial charge is 0.130 e. The monoisotopic (exact) mass is 260 g/mol. The fraction of sp³-hybridized carbons (Fsp3) is 0.733. The zero-order valence-electron chi connectivity index (χ0n) is 11.8. The summed E-state index contributed by atoms with van der Waals surface area (Å²) in [6.07, 6.45) is 9.08. The van der Waals surface area contributed by atoms with Crippen LogP contribution in [0.25, 0.3) is 0 Å². The molecule has 0 bridgehead atoms. The van der Waals surface area contributed by atoms with Gasteiger partial charge in [-0.3, -0.25) is 0 Å². The zero-order valence-corrected chi connectivity index (χ0v) is 11.8. The summed E-state index contributed by atoms with van der Waals surface area (Å²) in [5.41, 5.74) is 1.16. The van der Waals surface area contributed by atoms with Crippen LogP contribution in [-0.4, -0.2) is 22.6 Å². The molecule has 104 valence electrons. The molecule has 4 heteroatoms. The van der Waals surface area contributed by atoms with E-state index >= 15 is 0 Å². The van der Waals surface area contributed by atoms with Crippen molar-refractivity contribution in [1.29, 1.82) is 0 Å². The van der Waals surface area contributed by atoms with E-state index in [4.69, 9.17) is 0 Å². The summed E-state index contributed by atoms with van der Waals surface area (Å²) in [6.45, 7) is 3.10. The molecule has 1 saturated carbocycles. The average molecular weight is 260 g/mol. The molecule has 2 aliphatic rings. The molecule has 0 amide bonds. The van der Waals surface area contributed by atoms with Crippen molar-refractivity contribution in [3.05, 3.63) is 17.6 Å². The molecule has 0 unspecified atom stereocenters. The number of anilines is 1. The molecule has 2 N–H and O–H groups in total. The average Bonchev–Trinajstić information content (AvgIpc) is 2.93. The first-order valence-electron chi connectivity index (χ1n) is 7.67. The number of hydrogen-bond donors (Lipinski definition) is 2. The minimum absolute atomic E-state index is 0.425. The van der Waals surface area contributed by atoms with Crippen LogP contribution in [0.4, 0.5) is 5.82 Å². The van der Waals surface area contributed by atoms with Crippen LogP contribution >= 0.6 is 0 Å². The summed E-state index contributed by atoms with van der Waals surface area (Å²) in [4.78, 5) is 9.14. The first-order chi connectivity index (χ1) is 9.31. The van der Waals surface area contributed by atoms with Gasteiger partial charge in [0.2, 0.25) is 0 Å². The molecule has 4 nitrogen and oxygen atoms in total. The fourth-order valence-electron chi connectivity index (χ4n) is 3.24. The lowest BCUT2D eigenvalue weighted by atomic mass is 9.95. The molecule has 1 aromatic heterocycles. The van der Waals surface area contributed by atoms with Gasteiger partial charge in [-0.25, -0.2) is 9.97 Å². The highest BCUT2D eigenvalue weighted by atomic mass is 15.1. The van der Waals surface area contributed by atoms with Gasteiger partial charge in [0, 0.05) is 18.2 Å². The number of aromatic nitrogens is 2. The molecule has 19 heavy (non-hydrogen) atoms. The summed E-state index contributed by atoms with van der Waals surface area (Å²) < 4.78 is 0. The molecule has 1 aliphatic carbocycles. The highest BCUT2D eigenvalue weighted by Gasteiger charge is 2.20. The van der Waals surface area contributed by atoms with Crippen LogP contribution < -0.4 is 10.6 Å². The second-order valence-corrected chi connectivity index (χ2v) is 5.85. The zero-order chi connectivity index (χ0) is 13.1. The summed E-state index contributed by atoms with van der Waals surface area (Å²) in [5, 5.41) is 7.12. The maximum absolute atomic E-state index is 4.60. The Morgan fingerprint density at radius 3 is 2.68 bits per heavy atom. The van der Waals surface area contributed by atoms with Crippen molar-refractivity contribution in [2.45, 2.75) is 64.0 Å². The van der Waals surface area contributed by atoms with Crippen LogP contribution in [0.2, 0.25) is 0 Å². The number of aryl methyl sites for hydroxylation is 1. The van der Waals surface area contributed by atoms with E-state index in [1.807, 2.05) is 6.92 Å². The molecular formula is C15H24N4. The normalized spacial score (nSPS) is 24.6. The summed E-state index contributed by atoms with van der Waals surface area (Å²) in [6, 6.07) is 3.17. The summed E-state index contributed by atoms with van der Waals surface area (Å²) in [7, 11) is 0. The van der Waals surface area contributed by atoms with Crippen molar-refractivity contribution in [1.82, 2.24) is 15.3 Å². The third-order valence-corrected chi connectivity index (χ3v) is 4.23. The van der Waals surface area contributed by atoms with Gasteiger partial charge in [-0.15, -0.1) is 0 Å². The van der Waals surface area contributed by atoms with Crippen molar-refractivity contribution < 1.29 is 0 Å². The van der Waals surface area contributed by atoms with Crippen molar-refractivity contribution in [2.75, 3.05) is 11.9 Å². The number of nitrogens with one attached hydrogen (secondary N) is 2. The molecule has 1 aliphatic heterocycles. The maximum Gasteiger partial charge on any atom is 0.130 e. The van der Waals surface area contributed by atoms with Crippen LogP contribution in [0, 0.1) is 6.92 Å². The van der Waals surface area contributed by atoms with Crippen molar-refractivity contribution >= 4 is 5.82 Å². The third kappa shape index (κ3) is 3.24. The third-order valence-electron chi connectivity index (χ3n) is 4.23. The molecule has 0 radical (unpaired) electrons. The van der Waals surface area contributed by atoms with E-state index in [1.54, 1.807) is 0 Å². The number of hydrogen-bond acceptors (Lipinski definition) is 4. The van der Waals surface area contributed by atoms with E-state index in [2.05, 4.69) is 26.7 Å². The summed E-state index contributed by atoms with van der Waals surface area (Å²) >= 11 is 0. The molecular weight excluding hydrogens is 236 g/mol. The molecule has 1 atom stereocenters. The maximum atomic E-state index is 4.60. The highest BCUT2D eigenvalue weighted by Crippen LogP contribution is 2.25. The van der Waals surface area contributed by atoms with Crippen molar-refractivity contribution in [2.24, 2.45) is 0 Å². The molecule has 0 spiro atoms. The molecule has 1 aromatic rings. The van der Waals surface area contributed by atoms with Crippen LogP contribution in [0.1, 0.15) is 62.5 Å². The van der Waals surface area contributed by atoms with E-state index in [9.17, 15) is 0 Å². The lowest BCUT2D eigenvalue weighted by Gasteiger charge is -2.24. The van der Waals surface area contributed by atoms with Crippen LogP contribution in [0.15, 0.2) is 6.07 Å². The van der Waals surface area contributed by atoms with E-state index in [0.717, 1.165) is 23.9 Å². The van der Waals surface area contributed by atoms with E-state index in [1.165, 1.54) is 44.9 Å². The highest BCUT2D eigenvalue weighted by molar-refractivity contribution is 5.38. The summed E-state index contributed by atoms with van der Waals surface area (Å²) in [5.74, 6) is 1.90. The van der Waals surface area contributed by atoms with Crippen LogP contribution in [0.3, 0.4) is 0 Å². The number of rotatable bonds is 3. The Hall–Kier alpha value is -1.16. The first-order valence-corrected chi connectivity index (χ1v) is 7.67. The van der Waals surface area contributed by atoms with Gasteiger partial charge >= 0.3 is 0 Å². The van der Waals surface area contributed by atoms with Gasteiger partial charge in [0.05, 0.1) is 5.69 Å². The first kappa shape index (κ1) is 12.9. The van der Waals surface area contributed by atoms with Gasteiger partial charge in [-0.05, 0) is 39.2 Å². The second-order valence-electron chi connectivity index (χ2n) is 5.85. The molecule has 2 heterocycles. The number of nitrogens with zero attached hydrogens (tertiary/aromatic N) is 2. The largest absolute Gasteiger partial charge is 0.367 e. The van der Waals surface area contributed by atoms with Gasteiger partial charge in [0.15, 0.2) is 0 Å². The minimum atomic E-state index is 0.425. The van der Waals surface area contributed by atoms with E-state index in [-0.39, 0.29) is 0 Å². The molecule has 0 aromatic carbocycles. The Labute approximate surface area is 115 Å². The van der Waals surface area contributed by atoms with Gasteiger partial charge in [-0.1, -0.05) is 19.3 Å². The Morgan fingerprint density at radius 2 is 1.95 bits per heavy atom. The predicted molar refractivity (Wildman–Crippen MR) is 77.2 cm³/mol. The van der Waals surface area contributed by atoms with Crippen molar-refractivity contribution in [3.63, 3.8) is 0 Å². The Bertz CT molecular complexity index is 420. The SMILES string of the molecule is Cc1nc(NC2CCCCC2)cc([C@H]2CCCN2)n1. The van der Waals surface area contributed by atoms with Gasteiger partial charge in [0.1, 0.15) is 11.6 Å². The van der Waals surface area contributed by atoms with Crippen LogP contribution in [-0.2, 0) is 0 Å². The standard InChI is InChI=1S/C15H24N4/c1-11-17-14(13-8-5-9-16-13)10-15(18-11)19-12-6-3-2-4-7-12/h10,12-13,16H,2-9H2,1H3,(H,17,18,19)/t13-/m1/s1. The van der Waals surface area contributed by atoms with Gasteiger partial charge < -0.3 is 10.6 Å². The minimum Gasteiger partial charge on any atom is -0.367 e. The van der Waals surface area contributed by atoms with Gasteiger partial charge in [-0.2, -0.15) is 0 Å². The quantitative estimate of drug-likeness (QED) is 0.877. The fourth-order valence-corrected chi connectivity index (χ4v) is 3.24. The Morgan fingerprint density at radius 1 is 1.11 bits per heavy atom. The topological polar surface area (TPSA) is 49.8 Å². The Balaban J connectivity index is 1.73. The van der Waals surface area contributed by atoms with Crippen molar-refractivity contribution in [3.8, 4) is 0 Å². The predicted octanol–water partition coefficient (Wildman–Crippen LogP) is 2.95. The Kier molecular flexibility index (Phi) is 3.97. The lowest BCUT2D eigenvalue weighted by molar-refractivity contribution is 0.461. The second kappa shape index (κ2) is 5.87. The van der Waals surface area contributed by atoms with E-state index < -0.39 is 0 Å². The molecule has 1 saturated heterocycles. The van der Waals surface area contributed by atoms with Crippen LogP contribution in [0.5, 0.6) is 0 Å². The lowest BCUT2D eigenvalue weighted by Crippen LogP contribution is -2.23. The molecule has 2 fully saturated rings. The molecule has 3 rings (SSSR count). The van der Waals surface area contributed by atoms with E-state index in [0.29, 0.717) is 12.1 Å².